The summed E-state index contributed by atoms with van der Waals surface area (Å²) in [5.74, 6) is -1.85. The lowest BCUT2D eigenvalue weighted by molar-refractivity contribution is -0.140. The minimum Gasteiger partial charge on any atom is -0.449 e. The molecule has 2 heterocycles. The third-order valence-electron chi connectivity index (χ3n) is 5.14. The number of hydrogen-bond acceptors (Lipinski definition) is 7. The number of carbonyl (C=O) groups is 3. The fourth-order valence-corrected chi connectivity index (χ4v) is 4.70. The van der Waals surface area contributed by atoms with Crippen molar-refractivity contribution in [2.24, 2.45) is 5.92 Å². The van der Waals surface area contributed by atoms with E-state index in [0.29, 0.717) is 24.4 Å². The maximum atomic E-state index is 13.1. The highest BCUT2D eigenvalue weighted by atomic mass is 32.2. The van der Waals surface area contributed by atoms with E-state index in [1.807, 2.05) is 13.8 Å². The van der Waals surface area contributed by atoms with E-state index in [9.17, 15) is 22.8 Å². The van der Waals surface area contributed by atoms with Gasteiger partial charge in [-0.25, -0.2) is 13.4 Å². The molecule has 2 unspecified atom stereocenters. The van der Waals surface area contributed by atoms with Crippen molar-refractivity contribution in [1.29, 1.82) is 0 Å². The number of sulfonamides is 1. The van der Waals surface area contributed by atoms with Crippen molar-refractivity contribution in [2.45, 2.75) is 56.5 Å². The third-order valence-corrected chi connectivity index (χ3v) is 6.63. The van der Waals surface area contributed by atoms with Gasteiger partial charge in [-0.15, -0.1) is 0 Å². The quantitative estimate of drug-likeness (QED) is 0.499. The summed E-state index contributed by atoms with van der Waals surface area (Å²) in [4.78, 5) is 42.4. The average Bonchev–Trinajstić information content (AvgIpc) is 3.22. The fourth-order valence-electron chi connectivity index (χ4n) is 3.48. The molecule has 0 saturated carbocycles. The Bertz CT molecular complexity index is 1100. The maximum Gasteiger partial charge on any atom is 0.289 e. The van der Waals surface area contributed by atoms with Crippen LogP contribution < -0.4 is 15.4 Å². The summed E-state index contributed by atoms with van der Waals surface area (Å²) in [5.41, 5.74) is 0.606. The number of fused-ring (bicyclic) bond motifs is 2. The van der Waals surface area contributed by atoms with Crippen LogP contribution in [0.4, 0.5) is 0 Å². The molecule has 0 fully saturated rings. The zero-order valence-corrected chi connectivity index (χ0v) is 19.4. The molecule has 10 nitrogen and oxygen atoms in total. The molecule has 2 aromatic rings. The van der Waals surface area contributed by atoms with Crippen LogP contribution >= 0.6 is 0 Å². The lowest BCUT2D eigenvalue weighted by Gasteiger charge is -2.23. The first-order chi connectivity index (χ1) is 15.7. The molecule has 1 aromatic carbocycles. The number of oxazole rings is 1. The number of ketones is 1. The fraction of sp³-hybridized carbons (Fsp3) is 0.455. The van der Waals surface area contributed by atoms with Gasteiger partial charge in [0.1, 0.15) is 12.3 Å². The van der Waals surface area contributed by atoms with E-state index in [1.54, 1.807) is 18.2 Å². The van der Waals surface area contributed by atoms with Crippen LogP contribution in [0.3, 0.4) is 0 Å². The SMILES string of the molecule is CC(C)CC(NS(=O)(=O)c1ccccc1)C(=O)NC1CCc2coc(n2)CCNC(=O)C1=O. The molecule has 178 valence electrons. The molecule has 0 saturated heterocycles. The van der Waals surface area contributed by atoms with Crippen molar-refractivity contribution in [3.8, 4) is 0 Å². The van der Waals surface area contributed by atoms with Gasteiger partial charge in [0.05, 0.1) is 16.6 Å². The summed E-state index contributed by atoms with van der Waals surface area (Å²) in [6.07, 6.45) is 2.45. The monoisotopic (exact) mass is 476 g/mol. The van der Waals surface area contributed by atoms with E-state index in [1.165, 1.54) is 18.4 Å². The average molecular weight is 477 g/mol. The molecule has 1 aromatic heterocycles. The molecule has 33 heavy (non-hydrogen) atoms. The first-order valence-corrected chi connectivity index (χ1v) is 12.3. The van der Waals surface area contributed by atoms with E-state index in [0.717, 1.165) is 0 Å². The molecule has 3 rings (SSSR count). The van der Waals surface area contributed by atoms with Crippen molar-refractivity contribution in [2.75, 3.05) is 6.54 Å². The summed E-state index contributed by atoms with van der Waals surface area (Å²) >= 11 is 0. The zero-order valence-electron chi connectivity index (χ0n) is 18.5. The molecule has 3 N–H and O–H groups in total. The molecule has 2 atom stereocenters. The molecule has 11 heteroatoms. The predicted molar refractivity (Wildman–Crippen MR) is 118 cm³/mol. The lowest BCUT2D eigenvalue weighted by Crippen LogP contribution is -2.54. The molecule has 1 aliphatic heterocycles. The van der Waals surface area contributed by atoms with Crippen molar-refractivity contribution in [1.82, 2.24) is 20.3 Å². The molecule has 2 amide bonds. The number of aromatic nitrogens is 1. The van der Waals surface area contributed by atoms with Crippen LogP contribution in [-0.4, -0.2) is 49.6 Å². The Morgan fingerprint density at radius 2 is 1.94 bits per heavy atom. The predicted octanol–water partition coefficient (Wildman–Crippen LogP) is 0.727. The number of benzene rings is 1. The van der Waals surface area contributed by atoms with Crippen LogP contribution in [-0.2, 0) is 37.2 Å². The van der Waals surface area contributed by atoms with Gasteiger partial charge < -0.3 is 15.1 Å². The second kappa shape index (κ2) is 10.7. The molecular weight excluding hydrogens is 448 g/mol. The number of aryl methyl sites for hydroxylation is 1. The third kappa shape index (κ3) is 6.72. The highest BCUT2D eigenvalue weighted by Gasteiger charge is 2.32. The molecule has 1 aliphatic rings. The van der Waals surface area contributed by atoms with E-state index in [-0.39, 0.29) is 30.2 Å². The summed E-state index contributed by atoms with van der Waals surface area (Å²) in [6.45, 7) is 3.87. The number of Topliss-reactive ketones (excluding diaryl/α,β-unsaturated/α-hetero) is 1. The zero-order chi connectivity index (χ0) is 24.0. The van der Waals surface area contributed by atoms with Crippen molar-refractivity contribution in [3.63, 3.8) is 0 Å². The van der Waals surface area contributed by atoms with Crippen LogP contribution in [0.5, 0.6) is 0 Å². The minimum atomic E-state index is -3.97. The lowest BCUT2D eigenvalue weighted by atomic mass is 10.0. The van der Waals surface area contributed by atoms with Crippen LogP contribution in [0.25, 0.3) is 0 Å². The molecule has 0 spiro atoms. The highest BCUT2D eigenvalue weighted by Crippen LogP contribution is 2.14. The van der Waals surface area contributed by atoms with Gasteiger partial charge >= 0.3 is 0 Å². The summed E-state index contributed by atoms with van der Waals surface area (Å²) in [6, 6.07) is 5.46. The number of rotatable bonds is 7. The van der Waals surface area contributed by atoms with Gasteiger partial charge in [-0.2, -0.15) is 4.72 Å². The van der Waals surface area contributed by atoms with Gasteiger partial charge in [-0.1, -0.05) is 32.0 Å². The normalized spacial score (nSPS) is 18.3. The summed E-state index contributed by atoms with van der Waals surface area (Å²) in [5, 5.41) is 5.08. The number of nitrogens with one attached hydrogen (secondary N) is 3. The Labute approximate surface area is 192 Å². The van der Waals surface area contributed by atoms with Crippen LogP contribution in [0.2, 0.25) is 0 Å². The number of hydrogen-bond donors (Lipinski definition) is 3. The van der Waals surface area contributed by atoms with E-state index >= 15 is 0 Å². The first-order valence-electron chi connectivity index (χ1n) is 10.8. The van der Waals surface area contributed by atoms with Gasteiger partial charge in [0.2, 0.25) is 21.7 Å². The molecule has 2 bridgehead atoms. The Morgan fingerprint density at radius 1 is 1.21 bits per heavy atom. The van der Waals surface area contributed by atoms with Gasteiger partial charge in [0.25, 0.3) is 5.91 Å². The van der Waals surface area contributed by atoms with Crippen LogP contribution in [0.1, 0.15) is 38.3 Å². The second-order valence-corrected chi connectivity index (χ2v) is 10.0. The van der Waals surface area contributed by atoms with Gasteiger partial charge in [-0.05, 0) is 37.3 Å². The van der Waals surface area contributed by atoms with E-state index in [2.05, 4.69) is 20.3 Å². The maximum absolute atomic E-state index is 13.1. The Hall–Kier alpha value is -3.05. The topological polar surface area (TPSA) is 147 Å². The minimum absolute atomic E-state index is 0.0145. The second-order valence-electron chi connectivity index (χ2n) is 8.32. The van der Waals surface area contributed by atoms with Gasteiger partial charge in [0.15, 0.2) is 5.89 Å². The Kier molecular flexibility index (Phi) is 7.98. The number of amides is 2. The standard InChI is InChI=1S/C22H28N4O6S/c1-14(2)12-18(26-33(30,31)16-6-4-3-5-7-16)21(28)25-17-9-8-15-13-32-19(24-15)10-11-23-22(29)20(17)27/h3-7,13-14,17-18,26H,8-12H2,1-2H3,(H,23,29)(H,25,28). The first kappa shape index (κ1) is 24.6. The Morgan fingerprint density at radius 3 is 2.64 bits per heavy atom. The van der Waals surface area contributed by atoms with Crippen molar-refractivity contribution < 1.29 is 27.2 Å². The largest absolute Gasteiger partial charge is 0.449 e. The number of nitrogens with zero attached hydrogens (tertiary/aromatic N) is 1. The van der Waals surface area contributed by atoms with Crippen LogP contribution in [0.15, 0.2) is 45.9 Å². The Balaban J connectivity index is 1.78. The van der Waals surface area contributed by atoms with Gasteiger partial charge in [-0.3, -0.25) is 14.4 Å². The van der Waals surface area contributed by atoms with Crippen molar-refractivity contribution >= 4 is 27.6 Å². The van der Waals surface area contributed by atoms with E-state index in [4.69, 9.17) is 4.42 Å². The molecular formula is C22H28N4O6S. The number of carbonyl (C=O) groups excluding carboxylic acids is 3. The van der Waals surface area contributed by atoms with Crippen LogP contribution in [0, 0.1) is 5.92 Å². The van der Waals surface area contributed by atoms with Crippen molar-refractivity contribution in [3.05, 3.63) is 48.2 Å². The molecule has 0 radical (unpaired) electrons. The smallest absolute Gasteiger partial charge is 0.289 e. The van der Waals surface area contributed by atoms with E-state index < -0.39 is 39.7 Å². The van der Waals surface area contributed by atoms with Gasteiger partial charge in [0, 0.05) is 13.0 Å². The highest BCUT2D eigenvalue weighted by molar-refractivity contribution is 7.89. The summed E-state index contributed by atoms with van der Waals surface area (Å²) in [7, 11) is -3.97. The molecule has 0 aliphatic carbocycles. The summed E-state index contributed by atoms with van der Waals surface area (Å²) < 4.78 is 33.3.